The summed E-state index contributed by atoms with van der Waals surface area (Å²) in [7, 11) is 0. The Morgan fingerprint density at radius 3 is 2.50 bits per heavy atom. The van der Waals surface area contributed by atoms with E-state index in [9.17, 15) is 14.0 Å². The van der Waals surface area contributed by atoms with Crippen molar-refractivity contribution >= 4 is 17.6 Å². The summed E-state index contributed by atoms with van der Waals surface area (Å²) in [4.78, 5) is 32.5. The molecule has 0 bridgehead atoms. The SMILES string of the molecule is CC(C)(C)OC(=O)N1CCCN(C(=O)c2cn3cc(F)ccc3n2)CC1. The van der Waals surface area contributed by atoms with Crippen LogP contribution in [-0.4, -0.2) is 63.0 Å². The van der Waals surface area contributed by atoms with E-state index in [2.05, 4.69) is 4.98 Å². The third kappa shape index (κ3) is 4.12. The minimum absolute atomic E-state index is 0.222. The van der Waals surface area contributed by atoms with Crippen LogP contribution in [0.3, 0.4) is 0 Å². The zero-order chi connectivity index (χ0) is 18.9. The van der Waals surface area contributed by atoms with Gasteiger partial charge in [0.15, 0.2) is 0 Å². The van der Waals surface area contributed by atoms with Crippen molar-refractivity contribution in [1.29, 1.82) is 0 Å². The maximum Gasteiger partial charge on any atom is 0.410 e. The van der Waals surface area contributed by atoms with Gasteiger partial charge in [-0.25, -0.2) is 14.2 Å². The Labute approximate surface area is 151 Å². The second-order valence-corrected chi connectivity index (χ2v) is 7.35. The highest BCUT2D eigenvalue weighted by Crippen LogP contribution is 2.14. The minimum atomic E-state index is -0.551. The van der Waals surface area contributed by atoms with Gasteiger partial charge in [0.1, 0.15) is 22.8 Å². The van der Waals surface area contributed by atoms with E-state index in [1.807, 2.05) is 20.8 Å². The van der Waals surface area contributed by atoms with Crippen molar-refractivity contribution in [2.75, 3.05) is 26.2 Å². The summed E-state index contributed by atoms with van der Waals surface area (Å²) >= 11 is 0. The van der Waals surface area contributed by atoms with Crippen LogP contribution < -0.4 is 0 Å². The number of pyridine rings is 1. The third-order valence-corrected chi connectivity index (χ3v) is 4.07. The van der Waals surface area contributed by atoms with Gasteiger partial charge in [0.25, 0.3) is 5.91 Å². The van der Waals surface area contributed by atoms with E-state index in [1.54, 1.807) is 9.80 Å². The Balaban J connectivity index is 1.68. The van der Waals surface area contributed by atoms with E-state index in [0.717, 1.165) is 0 Å². The first-order valence-electron chi connectivity index (χ1n) is 8.64. The van der Waals surface area contributed by atoms with Crippen molar-refractivity contribution in [3.8, 4) is 0 Å². The molecule has 3 rings (SSSR count). The van der Waals surface area contributed by atoms with Gasteiger partial charge in [0.2, 0.25) is 0 Å². The average Bonchev–Trinajstić information content (AvgIpc) is 2.80. The Hall–Kier alpha value is -2.64. The van der Waals surface area contributed by atoms with Crippen molar-refractivity contribution in [2.45, 2.75) is 32.8 Å². The van der Waals surface area contributed by atoms with Gasteiger partial charge in [-0.1, -0.05) is 0 Å². The van der Waals surface area contributed by atoms with Crippen LogP contribution in [0.25, 0.3) is 5.65 Å². The maximum atomic E-state index is 13.3. The van der Waals surface area contributed by atoms with Crippen LogP contribution in [0, 0.1) is 5.82 Å². The van der Waals surface area contributed by atoms with Gasteiger partial charge in [-0.15, -0.1) is 0 Å². The summed E-state index contributed by atoms with van der Waals surface area (Å²) in [6.07, 6.45) is 3.10. The molecule has 0 spiro atoms. The first-order valence-corrected chi connectivity index (χ1v) is 8.64. The van der Waals surface area contributed by atoms with Gasteiger partial charge < -0.3 is 18.9 Å². The van der Waals surface area contributed by atoms with Crippen LogP contribution in [0.5, 0.6) is 0 Å². The lowest BCUT2D eigenvalue weighted by Crippen LogP contribution is -2.40. The Bertz CT molecular complexity index is 827. The fraction of sp³-hybridized carbons (Fsp3) is 0.500. The molecule has 2 aromatic rings. The Kier molecular flexibility index (Phi) is 4.84. The van der Waals surface area contributed by atoms with Gasteiger partial charge in [0, 0.05) is 38.6 Å². The first-order chi connectivity index (χ1) is 12.2. The summed E-state index contributed by atoms with van der Waals surface area (Å²) in [6.45, 7) is 7.35. The van der Waals surface area contributed by atoms with E-state index >= 15 is 0 Å². The number of nitrogens with zero attached hydrogens (tertiary/aromatic N) is 4. The molecule has 0 saturated carbocycles. The summed E-state index contributed by atoms with van der Waals surface area (Å²) in [5.41, 5.74) is 0.228. The highest BCUT2D eigenvalue weighted by atomic mass is 19.1. The second-order valence-electron chi connectivity index (χ2n) is 7.35. The summed E-state index contributed by atoms with van der Waals surface area (Å²) < 4.78 is 20.2. The second kappa shape index (κ2) is 6.93. The fourth-order valence-electron chi connectivity index (χ4n) is 2.86. The number of rotatable bonds is 1. The number of ether oxygens (including phenoxy) is 1. The number of carbonyl (C=O) groups excluding carboxylic acids is 2. The molecule has 1 saturated heterocycles. The Morgan fingerprint density at radius 2 is 1.77 bits per heavy atom. The lowest BCUT2D eigenvalue weighted by Gasteiger charge is -2.26. The van der Waals surface area contributed by atoms with E-state index in [4.69, 9.17) is 4.74 Å². The largest absolute Gasteiger partial charge is 0.444 e. The monoisotopic (exact) mass is 362 g/mol. The summed E-state index contributed by atoms with van der Waals surface area (Å²) in [5.74, 6) is -0.614. The van der Waals surface area contributed by atoms with Gasteiger partial charge in [-0.3, -0.25) is 4.79 Å². The van der Waals surface area contributed by atoms with E-state index in [1.165, 1.54) is 28.9 Å². The molecule has 0 N–H and O–H groups in total. The Morgan fingerprint density at radius 1 is 1.08 bits per heavy atom. The molecule has 0 radical (unpaired) electrons. The molecule has 1 aliphatic heterocycles. The van der Waals surface area contributed by atoms with Gasteiger partial charge in [-0.05, 0) is 39.3 Å². The molecule has 0 aliphatic carbocycles. The van der Waals surface area contributed by atoms with E-state index < -0.39 is 11.4 Å². The molecule has 3 heterocycles. The molecule has 7 nitrogen and oxygen atoms in total. The summed E-state index contributed by atoms with van der Waals surface area (Å²) in [5, 5.41) is 0. The molecular formula is C18H23FN4O3. The van der Waals surface area contributed by atoms with Crippen LogP contribution in [0.1, 0.15) is 37.7 Å². The van der Waals surface area contributed by atoms with Crippen LogP contribution >= 0.6 is 0 Å². The van der Waals surface area contributed by atoms with Crippen molar-refractivity contribution in [1.82, 2.24) is 19.2 Å². The smallest absolute Gasteiger partial charge is 0.410 e. The van der Waals surface area contributed by atoms with E-state index in [-0.39, 0.29) is 17.7 Å². The minimum Gasteiger partial charge on any atom is -0.444 e. The molecule has 1 aliphatic rings. The van der Waals surface area contributed by atoms with Crippen molar-refractivity contribution in [2.24, 2.45) is 0 Å². The number of halogens is 1. The zero-order valence-corrected chi connectivity index (χ0v) is 15.2. The lowest BCUT2D eigenvalue weighted by atomic mass is 10.2. The molecule has 8 heteroatoms. The number of hydrogen-bond donors (Lipinski definition) is 0. The molecule has 2 aromatic heterocycles. The molecule has 0 atom stereocenters. The molecule has 2 amide bonds. The van der Waals surface area contributed by atoms with E-state index in [0.29, 0.717) is 38.2 Å². The standard InChI is InChI=1S/C18H23FN4O3/c1-18(2,3)26-17(25)22-8-4-7-21(9-10-22)16(24)14-12-23-11-13(19)5-6-15(23)20-14/h5-6,11-12H,4,7-10H2,1-3H3. The topological polar surface area (TPSA) is 67.2 Å². The highest BCUT2D eigenvalue weighted by Gasteiger charge is 2.27. The first kappa shape index (κ1) is 18.2. The van der Waals surface area contributed by atoms with Gasteiger partial charge in [-0.2, -0.15) is 0 Å². The zero-order valence-electron chi connectivity index (χ0n) is 15.2. The highest BCUT2D eigenvalue weighted by molar-refractivity contribution is 5.93. The molecule has 140 valence electrons. The molecule has 0 aromatic carbocycles. The molecular weight excluding hydrogens is 339 g/mol. The van der Waals surface area contributed by atoms with Crippen LogP contribution in [0.4, 0.5) is 9.18 Å². The number of amides is 2. The number of hydrogen-bond acceptors (Lipinski definition) is 4. The number of imidazole rings is 1. The normalized spacial score (nSPS) is 15.8. The van der Waals surface area contributed by atoms with Gasteiger partial charge >= 0.3 is 6.09 Å². The average molecular weight is 362 g/mol. The number of carbonyl (C=O) groups is 2. The molecule has 1 fully saturated rings. The molecule has 26 heavy (non-hydrogen) atoms. The van der Waals surface area contributed by atoms with Crippen LogP contribution in [0.15, 0.2) is 24.5 Å². The predicted octanol–water partition coefficient (Wildman–Crippen LogP) is 2.56. The van der Waals surface area contributed by atoms with Crippen LogP contribution in [0.2, 0.25) is 0 Å². The van der Waals surface area contributed by atoms with Crippen LogP contribution in [-0.2, 0) is 4.74 Å². The third-order valence-electron chi connectivity index (χ3n) is 4.07. The van der Waals surface area contributed by atoms with Crippen molar-refractivity contribution in [3.05, 3.63) is 36.0 Å². The van der Waals surface area contributed by atoms with Crippen molar-refractivity contribution in [3.63, 3.8) is 0 Å². The molecule has 0 unspecified atom stereocenters. The summed E-state index contributed by atoms with van der Waals surface area (Å²) in [6, 6.07) is 2.83. The fourth-order valence-corrected chi connectivity index (χ4v) is 2.86. The lowest BCUT2D eigenvalue weighted by molar-refractivity contribution is 0.0255. The number of fused-ring (bicyclic) bond motifs is 1. The maximum absolute atomic E-state index is 13.3. The van der Waals surface area contributed by atoms with Crippen molar-refractivity contribution < 1.29 is 18.7 Å². The number of aromatic nitrogens is 2. The van der Waals surface area contributed by atoms with Gasteiger partial charge in [0.05, 0.1) is 0 Å². The quantitative estimate of drug-likeness (QED) is 0.782. The predicted molar refractivity (Wildman–Crippen MR) is 93.5 cm³/mol.